The topological polar surface area (TPSA) is 73.9 Å². The van der Waals surface area contributed by atoms with E-state index in [1.807, 2.05) is 6.92 Å². The third kappa shape index (κ3) is 3.65. The molecule has 0 unspecified atom stereocenters. The Labute approximate surface area is 139 Å². The average molecular weight is 327 g/mol. The fourth-order valence-corrected chi connectivity index (χ4v) is 2.26. The number of Topliss-reactive ketones (excluding diaryl/α,β-unsaturated/α-hetero) is 1. The lowest BCUT2D eigenvalue weighted by molar-refractivity contribution is -0.118. The quantitative estimate of drug-likeness (QED) is 0.826. The van der Waals surface area contributed by atoms with E-state index in [4.69, 9.17) is 14.2 Å². The highest BCUT2D eigenvalue weighted by Crippen LogP contribution is 2.34. The van der Waals surface area contributed by atoms with Gasteiger partial charge < -0.3 is 19.5 Å². The number of anilines is 1. The second-order valence-electron chi connectivity index (χ2n) is 5.21. The van der Waals surface area contributed by atoms with E-state index in [2.05, 4.69) is 5.32 Å². The highest BCUT2D eigenvalue weighted by atomic mass is 16.7. The van der Waals surface area contributed by atoms with Crippen molar-refractivity contribution in [1.29, 1.82) is 0 Å². The number of hydrogen-bond donors (Lipinski definition) is 1. The van der Waals surface area contributed by atoms with Crippen LogP contribution < -0.4 is 19.5 Å². The summed E-state index contributed by atoms with van der Waals surface area (Å²) in [4.78, 5) is 23.5. The zero-order valence-electron chi connectivity index (χ0n) is 13.2. The maximum absolute atomic E-state index is 11.9. The van der Waals surface area contributed by atoms with Crippen molar-refractivity contribution >= 4 is 17.4 Å². The summed E-state index contributed by atoms with van der Waals surface area (Å²) >= 11 is 0. The molecule has 1 amide bonds. The zero-order chi connectivity index (χ0) is 16.9. The lowest BCUT2D eigenvalue weighted by atomic mass is 10.1. The monoisotopic (exact) mass is 327 g/mol. The Morgan fingerprint density at radius 3 is 2.58 bits per heavy atom. The van der Waals surface area contributed by atoms with E-state index in [0.717, 1.165) is 0 Å². The Morgan fingerprint density at radius 2 is 1.83 bits per heavy atom. The number of carbonyl (C=O) groups excluding carboxylic acids is 2. The van der Waals surface area contributed by atoms with Crippen LogP contribution in [0.4, 0.5) is 5.69 Å². The molecular weight excluding hydrogens is 310 g/mol. The number of rotatable bonds is 6. The Bertz CT molecular complexity index is 755. The van der Waals surface area contributed by atoms with Crippen molar-refractivity contribution in [2.75, 3.05) is 18.7 Å². The number of carbonyl (C=O) groups is 2. The first-order chi connectivity index (χ1) is 11.7. The van der Waals surface area contributed by atoms with E-state index in [0.29, 0.717) is 34.9 Å². The van der Waals surface area contributed by atoms with Crippen LogP contribution in [-0.2, 0) is 4.79 Å². The summed E-state index contributed by atoms with van der Waals surface area (Å²) in [5.74, 6) is 1.57. The second kappa shape index (κ2) is 7.04. The minimum Gasteiger partial charge on any atom is -0.484 e. The SMILES string of the molecule is CCC(=O)c1ccc(OCC(=O)Nc2ccc3c(c2)OCO3)cc1. The minimum absolute atomic E-state index is 0.0714. The van der Waals surface area contributed by atoms with Gasteiger partial charge in [-0.1, -0.05) is 6.92 Å². The number of fused-ring (bicyclic) bond motifs is 1. The van der Waals surface area contributed by atoms with Crippen LogP contribution in [0.25, 0.3) is 0 Å². The third-order valence-electron chi connectivity index (χ3n) is 3.52. The lowest BCUT2D eigenvalue weighted by Gasteiger charge is -2.08. The van der Waals surface area contributed by atoms with Gasteiger partial charge in [-0.2, -0.15) is 0 Å². The van der Waals surface area contributed by atoms with Crippen molar-refractivity contribution in [3.05, 3.63) is 48.0 Å². The van der Waals surface area contributed by atoms with Crippen LogP contribution >= 0.6 is 0 Å². The number of hydrogen-bond acceptors (Lipinski definition) is 5. The Balaban J connectivity index is 1.53. The van der Waals surface area contributed by atoms with Crippen molar-refractivity contribution in [2.45, 2.75) is 13.3 Å². The highest BCUT2D eigenvalue weighted by molar-refractivity contribution is 5.96. The standard InChI is InChI=1S/C18H17NO5/c1-2-15(20)12-3-6-14(7-4-12)22-10-18(21)19-13-5-8-16-17(9-13)24-11-23-16/h3-9H,2,10-11H2,1H3,(H,19,21). The van der Waals surface area contributed by atoms with Gasteiger partial charge in [0.2, 0.25) is 6.79 Å². The molecular formula is C18H17NO5. The number of ketones is 1. The molecule has 124 valence electrons. The van der Waals surface area contributed by atoms with Gasteiger partial charge in [-0.05, 0) is 36.4 Å². The highest BCUT2D eigenvalue weighted by Gasteiger charge is 2.14. The van der Waals surface area contributed by atoms with Gasteiger partial charge in [0.15, 0.2) is 23.9 Å². The van der Waals surface area contributed by atoms with E-state index in [1.54, 1.807) is 42.5 Å². The smallest absolute Gasteiger partial charge is 0.262 e. The van der Waals surface area contributed by atoms with Crippen LogP contribution in [0.2, 0.25) is 0 Å². The first kappa shape index (κ1) is 15.9. The van der Waals surface area contributed by atoms with Crippen LogP contribution in [-0.4, -0.2) is 25.1 Å². The molecule has 1 aliphatic heterocycles. The van der Waals surface area contributed by atoms with Crippen molar-refractivity contribution < 1.29 is 23.8 Å². The summed E-state index contributed by atoms with van der Waals surface area (Å²) in [7, 11) is 0. The van der Waals surface area contributed by atoms with Crippen LogP contribution in [0.15, 0.2) is 42.5 Å². The second-order valence-corrected chi connectivity index (χ2v) is 5.21. The van der Waals surface area contributed by atoms with Gasteiger partial charge in [0.1, 0.15) is 5.75 Å². The molecule has 0 aliphatic carbocycles. The maximum Gasteiger partial charge on any atom is 0.262 e. The van der Waals surface area contributed by atoms with E-state index >= 15 is 0 Å². The number of nitrogens with one attached hydrogen (secondary N) is 1. The van der Waals surface area contributed by atoms with Gasteiger partial charge in [0, 0.05) is 23.7 Å². The van der Waals surface area contributed by atoms with Gasteiger partial charge in [-0.3, -0.25) is 9.59 Å². The predicted octanol–water partition coefficient (Wildman–Crippen LogP) is 3.03. The third-order valence-corrected chi connectivity index (χ3v) is 3.52. The Kier molecular flexibility index (Phi) is 4.65. The molecule has 0 fully saturated rings. The van der Waals surface area contributed by atoms with Crippen molar-refractivity contribution in [3.8, 4) is 17.2 Å². The molecule has 24 heavy (non-hydrogen) atoms. The molecule has 6 heteroatoms. The molecule has 0 spiro atoms. The van der Waals surface area contributed by atoms with Gasteiger partial charge in [-0.25, -0.2) is 0 Å². The molecule has 3 rings (SSSR count). The van der Waals surface area contributed by atoms with Crippen LogP contribution in [0, 0.1) is 0 Å². The molecule has 0 saturated carbocycles. The van der Waals surface area contributed by atoms with Gasteiger partial charge in [-0.15, -0.1) is 0 Å². The van der Waals surface area contributed by atoms with E-state index in [1.165, 1.54) is 0 Å². The predicted molar refractivity (Wildman–Crippen MR) is 87.8 cm³/mol. The summed E-state index contributed by atoms with van der Waals surface area (Å²) in [6.07, 6.45) is 0.456. The molecule has 2 aromatic rings. The largest absolute Gasteiger partial charge is 0.484 e. The van der Waals surface area contributed by atoms with E-state index in [9.17, 15) is 9.59 Å². The number of ether oxygens (including phenoxy) is 3. The lowest BCUT2D eigenvalue weighted by Crippen LogP contribution is -2.20. The first-order valence-corrected chi connectivity index (χ1v) is 7.61. The molecule has 0 radical (unpaired) electrons. The van der Waals surface area contributed by atoms with E-state index in [-0.39, 0.29) is 25.1 Å². The summed E-state index contributed by atoms with van der Waals surface area (Å²) in [6, 6.07) is 11.9. The summed E-state index contributed by atoms with van der Waals surface area (Å²) in [5.41, 5.74) is 1.24. The molecule has 0 aromatic heterocycles. The maximum atomic E-state index is 11.9. The molecule has 1 aliphatic rings. The van der Waals surface area contributed by atoms with Gasteiger partial charge in [0.25, 0.3) is 5.91 Å². The zero-order valence-corrected chi connectivity index (χ0v) is 13.2. The molecule has 0 atom stereocenters. The van der Waals surface area contributed by atoms with Crippen LogP contribution in [0.3, 0.4) is 0 Å². The number of benzene rings is 2. The Morgan fingerprint density at radius 1 is 1.08 bits per heavy atom. The van der Waals surface area contributed by atoms with Gasteiger partial charge in [0.05, 0.1) is 0 Å². The number of amides is 1. The molecule has 0 saturated heterocycles. The molecule has 2 aromatic carbocycles. The molecule has 0 bridgehead atoms. The fraction of sp³-hybridized carbons (Fsp3) is 0.222. The molecule has 6 nitrogen and oxygen atoms in total. The fourth-order valence-electron chi connectivity index (χ4n) is 2.26. The van der Waals surface area contributed by atoms with Crippen LogP contribution in [0.1, 0.15) is 23.7 Å². The minimum atomic E-state index is -0.289. The van der Waals surface area contributed by atoms with Crippen LogP contribution in [0.5, 0.6) is 17.2 Å². The summed E-state index contributed by atoms with van der Waals surface area (Å²) in [6.45, 7) is 1.87. The summed E-state index contributed by atoms with van der Waals surface area (Å²) < 4.78 is 15.9. The summed E-state index contributed by atoms with van der Waals surface area (Å²) in [5, 5.41) is 2.73. The Hall–Kier alpha value is -3.02. The van der Waals surface area contributed by atoms with Crippen molar-refractivity contribution in [3.63, 3.8) is 0 Å². The molecule has 1 heterocycles. The van der Waals surface area contributed by atoms with E-state index < -0.39 is 0 Å². The normalized spacial score (nSPS) is 11.9. The molecule has 1 N–H and O–H groups in total. The van der Waals surface area contributed by atoms with Gasteiger partial charge >= 0.3 is 0 Å². The average Bonchev–Trinajstić information content (AvgIpc) is 3.07. The van der Waals surface area contributed by atoms with Crippen molar-refractivity contribution in [1.82, 2.24) is 0 Å². The van der Waals surface area contributed by atoms with Crippen molar-refractivity contribution in [2.24, 2.45) is 0 Å². The first-order valence-electron chi connectivity index (χ1n) is 7.61.